The van der Waals surface area contributed by atoms with E-state index in [2.05, 4.69) is 22.5 Å². The third kappa shape index (κ3) is 3.79. The quantitative estimate of drug-likeness (QED) is 0.712. The van der Waals surface area contributed by atoms with Crippen LogP contribution < -0.4 is 21.1 Å². The third-order valence-electron chi connectivity index (χ3n) is 3.66. The van der Waals surface area contributed by atoms with Gasteiger partial charge in [0.2, 0.25) is 0 Å². The Morgan fingerprint density at radius 1 is 1.52 bits per heavy atom. The number of nitrogens with one attached hydrogen (secondary N) is 2. The number of ether oxygens (including phenoxy) is 1. The summed E-state index contributed by atoms with van der Waals surface area (Å²) in [5.74, 6) is 0.457. The first-order chi connectivity index (χ1) is 9.93. The summed E-state index contributed by atoms with van der Waals surface area (Å²) in [6, 6.07) is 0.678. The van der Waals surface area contributed by atoms with E-state index in [4.69, 9.17) is 10.5 Å². The van der Waals surface area contributed by atoms with Crippen LogP contribution in [0.1, 0.15) is 29.4 Å². The first-order valence-electron chi connectivity index (χ1n) is 7.11. The molecule has 1 atom stereocenters. The highest BCUT2D eigenvalue weighted by molar-refractivity contribution is 7.19. The molecule has 4 N–H and O–H groups in total. The molecule has 0 aromatic carbocycles. The van der Waals surface area contributed by atoms with Crippen LogP contribution in [0.25, 0.3) is 0 Å². The molecule has 0 radical (unpaired) electrons. The maximum Gasteiger partial charge on any atom is 0.263 e. The highest BCUT2D eigenvalue weighted by Crippen LogP contribution is 2.42. The lowest BCUT2D eigenvalue weighted by Crippen LogP contribution is -2.31. The number of nitrogens with zero attached hydrogens (tertiary/aromatic N) is 1. The zero-order valence-electron chi connectivity index (χ0n) is 13.0. The van der Waals surface area contributed by atoms with E-state index in [1.54, 1.807) is 7.11 Å². The van der Waals surface area contributed by atoms with E-state index in [9.17, 15) is 4.79 Å². The lowest BCUT2D eigenvalue weighted by atomic mass is 10.3. The third-order valence-corrected chi connectivity index (χ3v) is 4.81. The van der Waals surface area contributed by atoms with Gasteiger partial charge < -0.3 is 26.0 Å². The molecule has 1 aliphatic carbocycles. The summed E-state index contributed by atoms with van der Waals surface area (Å²) in [4.78, 5) is 14.8. The summed E-state index contributed by atoms with van der Waals surface area (Å²) in [6.07, 6.45) is 2.11. The molecule has 1 aromatic rings. The molecular weight excluding hydrogens is 288 g/mol. The molecule has 7 heteroatoms. The Labute approximate surface area is 129 Å². The van der Waals surface area contributed by atoms with E-state index >= 15 is 0 Å². The summed E-state index contributed by atoms with van der Waals surface area (Å²) in [5, 5.41) is 7.09. The Morgan fingerprint density at radius 3 is 2.71 bits per heavy atom. The second-order valence-electron chi connectivity index (χ2n) is 5.65. The van der Waals surface area contributed by atoms with Crippen molar-refractivity contribution >= 4 is 27.9 Å². The van der Waals surface area contributed by atoms with Gasteiger partial charge in [0.1, 0.15) is 15.6 Å². The van der Waals surface area contributed by atoms with Gasteiger partial charge in [0.05, 0.1) is 7.11 Å². The molecule has 0 bridgehead atoms. The molecule has 1 unspecified atom stereocenters. The van der Waals surface area contributed by atoms with Crippen molar-refractivity contribution in [2.75, 3.05) is 38.8 Å². The summed E-state index contributed by atoms with van der Waals surface area (Å²) in [6.45, 7) is 2.88. The molecule has 1 heterocycles. The number of methoxy groups -OCH3 is 1. The predicted molar refractivity (Wildman–Crippen MR) is 87.4 cm³/mol. The van der Waals surface area contributed by atoms with Crippen LogP contribution in [0.5, 0.6) is 5.75 Å². The maximum atomic E-state index is 12.2. The summed E-state index contributed by atoms with van der Waals surface area (Å²) >= 11 is 1.35. The van der Waals surface area contributed by atoms with Crippen molar-refractivity contribution in [1.82, 2.24) is 10.2 Å². The van der Waals surface area contributed by atoms with Gasteiger partial charge in [-0.3, -0.25) is 4.79 Å². The van der Waals surface area contributed by atoms with Crippen molar-refractivity contribution in [3.05, 3.63) is 4.88 Å². The van der Waals surface area contributed by atoms with Crippen molar-refractivity contribution in [1.29, 1.82) is 0 Å². The van der Waals surface area contributed by atoms with Gasteiger partial charge in [0, 0.05) is 18.6 Å². The number of nitrogens with two attached hydrogens (primary N) is 1. The molecule has 1 saturated carbocycles. The van der Waals surface area contributed by atoms with Gasteiger partial charge in [-0.05, 0) is 33.9 Å². The number of hydrogen-bond donors (Lipinski definition) is 3. The minimum Gasteiger partial charge on any atom is -0.492 e. The lowest BCUT2D eigenvalue weighted by Gasteiger charge is -2.20. The molecular formula is C14H24N4O2S. The normalized spacial score (nSPS) is 15.9. The van der Waals surface area contributed by atoms with Crippen LogP contribution in [-0.2, 0) is 0 Å². The van der Waals surface area contributed by atoms with Crippen molar-refractivity contribution in [2.45, 2.75) is 31.8 Å². The number of nitrogen functional groups attached to an aromatic ring is 1. The summed E-state index contributed by atoms with van der Waals surface area (Å²) < 4.78 is 5.35. The predicted octanol–water partition coefficient (Wildman–Crippen LogP) is 1.59. The number of hydrogen-bond acceptors (Lipinski definition) is 6. The molecule has 1 fully saturated rings. The van der Waals surface area contributed by atoms with Crippen LogP contribution in [0.3, 0.4) is 0 Å². The number of anilines is 2. The lowest BCUT2D eigenvalue weighted by molar-refractivity contribution is 0.0956. The minimum absolute atomic E-state index is 0.105. The topological polar surface area (TPSA) is 79.6 Å². The molecule has 118 valence electrons. The zero-order valence-corrected chi connectivity index (χ0v) is 13.8. The molecule has 1 aromatic heterocycles. The molecule has 0 spiro atoms. The fourth-order valence-electron chi connectivity index (χ4n) is 1.82. The van der Waals surface area contributed by atoms with E-state index in [0.717, 1.165) is 24.4 Å². The second-order valence-corrected chi connectivity index (χ2v) is 6.67. The smallest absolute Gasteiger partial charge is 0.263 e. The number of amides is 1. The molecule has 0 saturated heterocycles. The van der Waals surface area contributed by atoms with Gasteiger partial charge >= 0.3 is 0 Å². The molecule has 1 aliphatic rings. The molecule has 2 rings (SSSR count). The second kappa shape index (κ2) is 6.53. The van der Waals surface area contributed by atoms with Crippen molar-refractivity contribution in [3.8, 4) is 5.75 Å². The average molecular weight is 312 g/mol. The Morgan fingerprint density at radius 2 is 2.19 bits per heavy atom. The highest BCUT2D eigenvalue weighted by Gasteiger charge is 2.28. The van der Waals surface area contributed by atoms with Crippen LogP contribution in [0.15, 0.2) is 0 Å². The van der Waals surface area contributed by atoms with Gasteiger partial charge in [-0.15, -0.1) is 11.3 Å². The van der Waals surface area contributed by atoms with E-state index in [-0.39, 0.29) is 5.91 Å². The first kappa shape index (κ1) is 15.9. The molecule has 6 nitrogen and oxygen atoms in total. The van der Waals surface area contributed by atoms with E-state index < -0.39 is 0 Å². The van der Waals surface area contributed by atoms with Crippen molar-refractivity contribution in [3.63, 3.8) is 0 Å². The number of carbonyl (C=O) groups excluding carboxylic acids is 1. The number of rotatable bonds is 7. The van der Waals surface area contributed by atoms with Gasteiger partial charge in [0.15, 0.2) is 5.75 Å². The van der Waals surface area contributed by atoms with Crippen molar-refractivity contribution < 1.29 is 9.53 Å². The Kier molecular flexibility index (Phi) is 4.95. The summed E-state index contributed by atoms with van der Waals surface area (Å²) in [5.41, 5.74) is 6.47. The SMILES string of the molecule is COc1c(NCC(C)N(C)C)sc(C(=O)NC2CC2)c1N. The summed E-state index contributed by atoms with van der Waals surface area (Å²) in [7, 11) is 5.63. The molecule has 0 aliphatic heterocycles. The van der Waals surface area contributed by atoms with Gasteiger partial charge in [-0.1, -0.05) is 0 Å². The minimum atomic E-state index is -0.105. The molecule has 1 amide bonds. The van der Waals surface area contributed by atoms with Crippen LogP contribution in [0, 0.1) is 0 Å². The maximum absolute atomic E-state index is 12.2. The average Bonchev–Trinajstić information content (AvgIpc) is 3.18. The fourth-order valence-corrected chi connectivity index (χ4v) is 2.82. The number of carbonyl (C=O) groups is 1. The Bertz CT molecular complexity index is 511. The fraction of sp³-hybridized carbons (Fsp3) is 0.643. The van der Waals surface area contributed by atoms with E-state index in [0.29, 0.717) is 28.4 Å². The van der Waals surface area contributed by atoms with Crippen LogP contribution in [-0.4, -0.2) is 50.6 Å². The number of thiophene rings is 1. The Balaban J connectivity index is 2.11. The van der Waals surface area contributed by atoms with Crippen molar-refractivity contribution in [2.24, 2.45) is 0 Å². The van der Waals surface area contributed by atoms with E-state index in [1.807, 2.05) is 14.1 Å². The Hall–Kier alpha value is -1.47. The highest BCUT2D eigenvalue weighted by atomic mass is 32.1. The largest absolute Gasteiger partial charge is 0.492 e. The standard InChI is InChI=1S/C14H24N4O2S/c1-8(18(2)3)7-16-14-11(20-4)10(15)12(21-14)13(19)17-9-5-6-9/h8-9,16H,5-7,15H2,1-4H3,(H,17,19). The monoisotopic (exact) mass is 312 g/mol. The van der Waals surface area contributed by atoms with E-state index in [1.165, 1.54) is 11.3 Å². The molecule has 21 heavy (non-hydrogen) atoms. The first-order valence-corrected chi connectivity index (χ1v) is 7.93. The number of likely N-dealkylation sites (N-methyl/N-ethyl adjacent to an activating group) is 1. The van der Waals surface area contributed by atoms with Gasteiger partial charge in [0.25, 0.3) is 5.91 Å². The van der Waals surface area contributed by atoms with Gasteiger partial charge in [-0.25, -0.2) is 0 Å². The zero-order chi connectivity index (χ0) is 15.6. The van der Waals surface area contributed by atoms with Crippen LogP contribution in [0.2, 0.25) is 0 Å². The van der Waals surface area contributed by atoms with Crippen LogP contribution >= 0.6 is 11.3 Å². The van der Waals surface area contributed by atoms with Crippen LogP contribution in [0.4, 0.5) is 10.7 Å². The van der Waals surface area contributed by atoms with Gasteiger partial charge in [-0.2, -0.15) is 0 Å².